The number of esters is 2. The molecule has 0 atom stereocenters. The van der Waals surface area contributed by atoms with Gasteiger partial charge >= 0.3 is 11.9 Å². The van der Waals surface area contributed by atoms with Gasteiger partial charge in [0.1, 0.15) is 0 Å². The van der Waals surface area contributed by atoms with Crippen molar-refractivity contribution in [2.75, 3.05) is 0 Å². The van der Waals surface area contributed by atoms with Crippen LogP contribution in [-0.2, 0) is 19.1 Å². The average Bonchev–Trinajstić information content (AvgIpc) is 2.03. The lowest BCUT2D eigenvalue weighted by molar-refractivity contribution is -0.159. The van der Waals surface area contributed by atoms with Gasteiger partial charge in [-0.25, -0.2) is 0 Å². The highest BCUT2D eigenvalue weighted by Gasteiger charge is 2.08. The van der Waals surface area contributed by atoms with E-state index in [1.807, 2.05) is 0 Å². The first kappa shape index (κ1) is 12.1. The van der Waals surface area contributed by atoms with Gasteiger partial charge in [-0.2, -0.15) is 0 Å². The minimum absolute atomic E-state index is 0.0458. The predicted octanol–water partition coefficient (Wildman–Crippen LogP) is 1.40. The fourth-order valence-electron chi connectivity index (χ4n) is 0.622. The Labute approximate surface area is 81.2 Å². The van der Waals surface area contributed by atoms with E-state index in [1.54, 1.807) is 6.92 Å². The van der Waals surface area contributed by atoms with Crippen LogP contribution in [0.4, 0.5) is 0 Å². The minimum atomic E-state index is -0.607. The highest BCUT2D eigenvalue weighted by atomic mass is 35.5. The van der Waals surface area contributed by atoms with Gasteiger partial charge in [-0.3, -0.25) is 14.4 Å². The summed E-state index contributed by atoms with van der Waals surface area (Å²) in [5.74, 6) is -1.16. The molecule has 0 aliphatic rings. The Morgan fingerprint density at radius 3 is 2.23 bits per heavy atom. The molecule has 74 valence electrons. The van der Waals surface area contributed by atoms with Crippen LogP contribution in [0.5, 0.6) is 0 Å². The zero-order valence-electron chi connectivity index (χ0n) is 7.34. The van der Waals surface area contributed by atoms with Crippen LogP contribution in [0.25, 0.3) is 0 Å². The largest absolute Gasteiger partial charge is 0.393 e. The van der Waals surface area contributed by atoms with Crippen LogP contribution in [0.1, 0.15) is 32.6 Å². The Morgan fingerprint density at radius 1 is 1.15 bits per heavy atom. The van der Waals surface area contributed by atoms with Gasteiger partial charge in [0.15, 0.2) is 0 Å². The SMILES string of the molecule is CCC(=O)OC(=O)CCCC(=O)Cl. The van der Waals surface area contributed by atoms with Crippen molar-refractivity contribution in [3.8, 4) is 0 Å². The normalized spacial score (nSPS) is 9.38. The highest BCUT2D eigenvalue weighted by molar-refractivity contribution is 6.63. The van der Waals surface area contributed by atoms with Crippen LogP contribution in [0.2, 0.25) is 0 Å². The number of rotatable bonds is 5. The number of carbonyl (C=O) groups is 3. The average molecular weight is 207 g/mol. The molecule has 0 aromatic carbocycles. The molecule has 5 heteroatoms. The van der Waals surface area contributed by atoms with Gasteiger partial charge in [0.25, 0.3) is 0 Å². The van der Waals surface area contributed by atoms with Crippen LogP contribution < -0.4 is 0 Å². The molecule has 0 aliphatic carbocycles. The third-order valence-electron chi connectivity index (χ3n) is 1.27. The predicted molar refractivity (Wildman–Crippen MR) is 46.1 cm³/mol. The second-order valence-corrected chi connectivity index (χ2v) is 2.83. The summed E-state index contributed by atoms with van der Waals surface area (Å²) < 4.78 is 4.35. The van der Waals surface area contributed by atoms with Gasteiger partial charge in [-0.1, -0.05) is 6.92 Å². The molecule has 0 saturated carbocycles. The van der Waals surface area contributed by atoms with E-state index < -0.39 is 17.2 Å². The van der Waals surface area contributed by atoms with Gasteiger partial charge in [-0.15, -0.1) is 0 Å². The van der Waals surface area contributed by atoms with Crippen molar-refractivity contribution in [2.45, 2.75) is 32.6 Å². The third-order valence-corrected chi connectivity index (χ3v) is 1.46. The molecule has 0 amide bonds. The maximum absolute atomic E-state index is 10.8. The molecule has 0 heterocycles. The van der Waals surface area contributed by atoms with Crippen LogP contribution in [0.3, 0.4) is 0 Å². The van der Waals surface area contributed by atoms with E-state index in [-0.39, 0.29) is 19.3 Å². The minimum Gasteiger partial charge on any atom is -0.393 e. The lowest BCUT2D eigenvalue weighted by atomic mass is 10.2. The fourth-order valence-corrected chi connectivity index (χ4v) is 0.756. The zero-order chi connectivity index (χ0) is 10.3. The van der Waals surface area contributed by atoms with Gasteiger partial charge < -0.3 is 4.74 Å². The van der Waals surface area contributed by atoms with Crippen molar-refractivity contribution in [1.29, 1.82) is 0 Å². The molecule has 0 rings (SSSR count). The van der Waals surface area contributed by atoms with Crippen molar-refractivity contribution in [2.24, 2.45) is 0 Å². The Bertz CT molecular complexity index is 212. The molecular formula is C8H11ClO4. The molecule has 13 heavy (non-hydrogen) atoms. The van der Waals surface area contributed by atoms with Crippen LogP contribution in [0.15, 0.2) is 0 Å². The van der Waals surface area contributed by atoms with E-state index in [0.29, 0.717) is 6.42 Å². The highest BCUT2D eigenvalue weighted by Crippen LogP contribution is 2.01. The number of hydrogen-bond acceptors (Lipinski definition) is 4. The summed E-state index contributed by atoms with van der Waals surface area (Å²) in [4.78, 5) is 31.6. The zero-order valence-corrected chi connectivity index (χ0v) is 8.10. The number of halogens is 1. The number of ether oxygens (including phenoxy) is 1. The van der Waals surface area contributed by atoms with E-state index in [1.165, 1.54) is 0 Å². The van der Waals surface area contributed by atoms with Gasteiger partial charge in [0.05, 0.1) is 0 Å². The van der Waals surface area contributed by atoms with E-state index in [4.69, 9.17) is 11.6 Å². The van der Waals surface area contributed by atoms with Crippen molar-refractivity contribution in [1.82, 2.24) is 0 Å². The van der Waals surface area contributed by atoms with Crippen molar-refractivity contribution in [3.63, 3.8) is 0 Å². The molecule has 0 fully saturated rings. The standard InChI is InChI=1S/C8H11ClO4/c1-2-7(11)13-8(12)5-3-4-6(9)10/h2-5H2,1H3. The molecule has 0 unspecified atom stereocenters. The lowest BCUT2D eigenvalue weighted by Crippen LogP contribution is -2.10. The smallest absolute Gasteiger partial charge is 0.313 e. The summed E-state index contributed by atoms with van der Waals surface area (Å²) in [6.45, 7) is 1.60. The van der Waals surface area contributed by atoms with Crippen molar-refractivity contribution < 1.29 is 19.1 Å². The fraction of sp³-hybridized carbons (Fsp3) is 0.625. The molecule has 0 saturated heterocycles. The monoisotopic (exact) mass is 206 g/mol. The first-order valence-corrected chi connectivity index (χ1v) is 4.36. The van der Waals surface area contributed by atoms with E-state index in [0.717, 1.165) is 0 Å². The summed E-state index contributed by atoms with van der Waals surface area (Å²) in [7, 11) is 0. The van der Waals surface area contributed by atoms with Crippen molar-refractivity contribution in [3.05, 3.63) is 0 Å². The lowest BCUT2D eigenvalue weighted by Gasteiger charge is -1.99. The van der Waals surface area contributed by atoms with Gasteiger partial charge in [0, 0.05) is 19.3 Å². The second-order valence-electron chi connectivity index (χ2n) is 2.41. The Hall–Kier alpha value is -0.900. The van der Waals surface area contributed by atoms with E-state index >= 15 is 0 Å². The number of hydrogen-bond donors (Lipinski definition) is 0. The molecule has 0 aliphatic heterocycles. The maximum Gasteiger partial charge on any atom is 0.313 e. The molecule has 0 aromatic heterocycles. The summed E-state index contributed by atoms with van der Waals surface area (Å²) in [5, 5.41) is -0.491. The van der Waals surface area contributed by atoms with E-state index in [9.17, 15) is 14.4 Å². The molecule has 0 spiro atoms. The summed E-state index contributed by atoms with van der Waals surface area (Å²) in [6.07, 6.45) is 0.652. The Morgan fingerprint density at radius 2 is 1.77 bits per heavy atom. The molecule has 0 N–H and O–H groups in total. The van der Waals surface area contributed by atoms with Gasteiger partial charge in [-0.05, 0) is 18.0 Å². The molecule has 4 nitrogen and oxygen atoms in total. The first-order valence-electron chi connectivity index (χ1n) is 3.98. The van der Waals surface area contributed by atoms with Crippen LogP contribution >= 0.6 is 11.6 Å². The third kappa shape index (κ3) is 7.46. The summed E-state index contributed by atoms with van der Waals surface area (Å²) in [5.41, 5.74) is 0. The Kier molecular flexibility index (Phi) is 6.14. The molecule has 0 radical (unpaired) electrons. The molecule has 0 aromatic rings. The first-order chi connectivity index (χ1) is 6.06. The number of carbonyl (C=O) groups excluding carboxylic acids is 3. The summed E-state index contributed by atoms with van der Waals surface area (Å²) in [6, 6.07) is 0. The molecule has 0 bridgehead atoms. The van der Waals surface area contributed by atoms with Crippen molar-refractivity contribution >= 4 is 28.8 Å². The maximum atomic E-state index is 10.8. The summed E-state index contributed by atoms with van der Waals surface area (Å²) >= 11 is 5.04. The second kappa shape index (κ2) is 6.60. The topological polar surface area (TPSA) is 60.4 Å². The van der Waals surface area contributed by atoms with Gasteiger partial charge in [0.2, 0.25) is 5.24 Å². The Balaban J connectivity index is 3.52. The van der Waals surface area contributed by atoms with Crippen LogP contribution in [-0.4, -0.2) is 17.2 Å². The quantitative estimate of drug-likeness (QED) is 0.388. The van der Waals surface area contributed by atoms with Crippen LogP contribution in [0, 0.1) is 0 Å². The van der Waals surface area contributed by atoms with E-state index in [2.05, 4.69) is 4.74 Å². The molecular weight excluding hydrogens is 196 g/mol.